The minimum Gasteiger partial charge on any atom is -0.508 e. The summed E-state index contributed by atoms with van der Waals surface area (Å²) in [5, 5.41) is 12.8. The van der Waals surface area contributed by atoms with Crippen LogP contribution in [0.3, 0.4) is 0 Å². The number of phenolic OH excluding ortho intramolecular Hbond substituents is 1. The minimum absolute atomic E-state index is 0.155. The lowest BCUT2D eigenvalue weighted by molar-refractivity contribution is 0.0226. The summed E-state index contributed by atoms with van der Waals surface area (Å²) in [5.74, 6) is 0.671. The van der Waals surface area contributed by atoms with E-state index in [-0.39, 0.29) is 12.3 Å². The highest BCUT2D eigenvalue weighted by molar-refractivity contribution is 5.46. The van der Waals surface area contributed by atoms with E-state index >= 15 is 4.39 Å². The first-order valence-corrected chi connectivity index (χ1v) is 7.83. The highest BCUT2D eigenvalue weighted by Crippen LogP contribution is 2.45. The van der Waals surface area contributed by atoms with Gasteiger partial charge in [0, 0.05) is 18.5 Å². The molecular weight excluding hydrogens is 293 g/mol. The van der Waals surface area contributed by atoms with E-state index in [2.05, 4.69) is 5.32 Å². The fourth-order valence-corrected chi connectivity index (χ4v) is 3.31. The molecule has 2 aromatic rings. The predicted molar refractivity (Wildman–Crippen MR) is 88.9 cm³/mol. The lowest BCUT2D eigenvalue weighted by atomic mass is 9.99. The monoisotopic (exact) mass is 315 g/mol. The highest BCUT2D eigenvalue weighted by Gasteiger charge is 2.48. The van der Waals surface area contributed by atoms with Gasteiger partial charge in [-0.25, -0.2) is 4.39 Å². The molecule has 122 valence electrons. The number of hydrogen-bond donors (Lipinski definition) is 2. The van der Waals surface area contributed by atoms with E-state index in [1.54, 1.807) is 32.2 Å². The molecule has 23 heavy (non-hydrogen) atoms. The summed E-state index contributed by atoms with van der Waals surface area (Å²) in [5.41, 5.74) is 2.11. The molecule has 1 aliphatic rings. The molecule has 2 N–H and O–H groups in total. The van der Waals surface area contributed by atoms with Crippen molar-refractivity contribution in [1.29, 1.82) is 0 Å². The van der Waals surface area contributed by atoms with Gasteiger partial charge in [0.15, 0.2) is 11.8 Å². The summed E-state index contributed by atoms with van der Waals surface area (Å²) in [7, 11) is 1.74. The van der Waals surface area contributed by atoms with E-state index in [4.69, 9.17) is 4.74 Å². The fraction of sp³-hybridized carbons (Fsp3) is 0.368. The lowest BCUT2D eigenvalue weighted by Gasteiger charge is -2.29. The number of aromatic hydroxyl groups is 1. The molecule has 0 heterocycles. The SMILES string of the molecule is CNCC1(F)Cc2cc(C)ccc2C1Oc1cccc(O)c1C. The van der Waals surface area contributed by atoms with Crippen molar-refractivity contribution in [3.8, 4) is 11.5 Å². The van der Waals surface area contributed by atoms with E-state index in [0.717, 1.165) is 16.7 Å². The van der Waals surface area contributed by atoms with Gasteiger partial charge in [-0.2, -0.15) is 0 Å². The summed E-state index contributed by atoms with van der Waals surface area (Å²) in [6.45, 7) is 3.99. The van der Waals surface area contributed by atoms with Gasteiger partial charge in [-0.15, -0.1) is 0 Å². The Balaban J connectivity index is 2.02. The standard InChI is InChI=1S/C19H22FNO2/c1-12-7-8-15-14(9-12)10-19(20,11-21-3)18(15)23-17-6-4-5-16(22)13(17)2/h4-9,18,21-22H,10-11H2,1-3H3. The van der Waals surface area contributed by atoms with E-state index in [9.17, 15) is 5.11 Å². The largest absolute Gasteiger partial charge is 0.508 e. The first kappa shape index (κ1) is 15.8. The number of hydrogen-bond acceptors (Lipinski definition) is 3. The molecule has 2 unspecified atom stereocenters. The van der Waals surface area contributed by atoms with Crippen LogP contribution in [0.2, 0.25) is 0 Å². The van der Waals surface area contributed by atoms with Gasteiger partial charge in [-0.1, -0.05) is 29.8 Å². The molecule has 0 aromatic heterocycles. The highest BCUT2D eigenvalue weighted by atomic mass is 19.1. The third kappa shape index (κ3) is 2.79. The second kappa shape index (κ2) is 5.85. The average Bonchev–Trinajstić information content (AvgIpc) is 2.75. The van der Waals surface area contributed by atoms with Crippen molar-refractivity contribution in [2.45, 2.75) is 32.0 Å². The molecular formula is C19H22FNO2. The van der Waals surface area contributed by atoms with Crippen LogP contribution in [0.25, 0.3) is 0 Å². The maximum Gasteiger partial charge on any atom is 0.168 e. The number of fused-ring (bicyclic) bond motifs is 1. The Bertz CT molecular complexity index is 731. The Labute approximate surface area is 136 Å². The van der Waals surface area contributed by atoms with Crippen LogP contribution in [-0.4, -0.2) is 24.4 Å². The molecule has 2 atom stereocenters. The summed E-state index contributed by atoms with van der Waals surface area (Å²) in [6, 6.07) is 11.0. The van der Waals surface area contributed by atoms with Gasteiger partial charge in [0.05, 0.1) is 0 Å². The molecule has 2 aromatic carbocycles. The van der Waals surface area contributed by atoms with E-state index < -0.39 is 11.8 Å². The molecule has 0 amide bonds. The Morgan fingerprint density at radius 3 is 2.83 bits per heavy atom. The van der Waals surface area contributed by atoms with Gasteiger partial charge in [-0.05, 0) is 44.2 Å². The number of alkyl halides is 1. The normalized spacial score (nSPS) is 22.9. The first-order chi connectivity index (χ1) is 10.9. The Morgan fingerprint density at radius 2 is 2.09 bits per heavy atom. The Kier molecular flexibility index (Phi) is 4.02. The first-order valence-electron chi connectivity index (χ1n) is 7.83. The van der Waals surface area contributed by atoms with Crippen molar-refractivity contribution >= 4 is 0 Å². The second-order valence-electron chi connectivity index (χ2n) is 6.34. The van der Waals surface area contributed by atoms with Gasteiger partial charge in [0.1, 0.15) is 11.5 Å². The van der Waals surface area contributed by atoms with E-state index in [0.29, 0.717) is 17.7 Å². The van der Waals surface area contributed by atoms with Crippen LogP contribution in [0.4, 0.5) is 4.39 Å². The zero-order valence-corrected chi connectivity index (χ0v) is 13.7. The minimum atomic E-state index is -1.51. The van der Waals surface area contributed by atoms with Crippen LogP contribution in [0.15, 0.2) is 36.4 Å². The third-order valence-electron chi connectivity index (χ3n) is 4.51. The molecule has 0 aliphatic heterocycles. The quantitative estimate of drug-likeness (QED) is 0.905. The van der Waals surface area contributed by atoms with Gasteiger partial charge in [0.2, 0.25) is 0 Å². The molecule has 3 rings (SSSR count). The van der Waals surface area contributed by atoms with Crippen molar-refractivity contribution in [2.75, 3.05) is 13.6 Å². The topological polar surface area (TPSA) is 41.5 Å². The fourth-order valence-electron chi connectivity index (χ4n) is 3.31. The zero-order chi connectivity index (χ0) is 16.6. The number of halogens is 1. The van der Waals surface area contributed by atoms with Crippen LogP contribution in [0.5, 0.6) is 11.5 Å². The van der Waals surface area contributed by atoms with Crippen molar-refractivity contribution in [3.63, 3.8) is 0 Å². The molecule has 3 nitrogen and oxygen atoms in total. The van der Waals surface area contributed by atoms with Crippen LogP contribution in [0.1, 0.15) is 28.4 Å². The lowest BCUT2D eigenvalue weighted by Crippen LogP contribution is -2.41. The Hall–Kier alpha value is -2.07. The van der Waals surface area contributed by atoms with Crippen molar-refractivity contribution in [2.24, 2.45) is 0 Å². The molecule has 0 fully saturated rings. The van der Waals surface area contributed by atoms with E-state index in [1.807, 2.05) is 25.1 Å². The second-order valence-corrected chi connectivity index (χ2v) is 6.34. The summed E-state index contributed by atoms with van der Waals surface area (Å²) < 4.78 is 21.6. The van der Waals surface area contributed by atoms with Gasteiger partial charge < -0.3 is 15.2 Å². The molecule has 4 heteroatoms. The van der Waals surface area contributed by atoms with Crippen LogP contribution in [0, 0.1) is 13.8 Å². The van der Waals surface area contributed by atoms with Crippen molar-refractivity contribution in [3.05, 3.63) is 58.7 Å². The number of nitrogens with one attached hydrogen (secondary N) is 1. The van der Waals surface area contributed by atoms with Crippen LogP contribution >= 0.6 is 0 Å². The summed E-state index contributed by atoms with van der Waals surface area (Å²) in [4.78, 5) is 0. The smallest absolute Gasteiger partial charge is 0.168 e. The molecule has 0 saturated heterocycles. The van der Waals surface area contributed by atoms with Crippen molar-refractivity contribution < 1.29 is 14.2 Å². The third-order valence-corrected chi connectivity index (χ3v) is 4.51. The van der Waals surface area contributed by atoms with E-state index in [1.165, 1.54) is 0 Å². The number of aryl methyl sites for hydroxylation is 1. The average molecular weight is 315 g/mol. The van der Waals surface area contributed by atoms with Gasteiger partial charge in [-0.3, -0.25) is 0 Å². The van der Waals surface area contributed by atoms with Crippen LogP contribution < -0.4 is 10.1 Å². The van der Waals surface area contributed by atoms with Crippen molar-refractivity contribution in [1.82, 2.24) is 5.32 Å². The Morgan fingerprint density at radius 1 is 1.30 bits per heavy atom. The molecule has 0 spiro atoms. The summed E-state index contributed by atoms with van der Waals surface area (Å²) in [6.07, 6.45) is -0.362. The van der Waals surface area contributed by atoms with Crippen LogP contribution in [-0.2, 0) is 6.42 Å². The maximum atomic E-state index is 15.6. The summed E-state index contributed by atoms with van der Waals surface area (Å²) >= 11 is 0. The predicted octanol–water partition coefficient (Wildman–Crippen LogP) is 3.61. The molecule has 0 saturated carbocycles. The number of phenols is 1. The zero-order valence-electron chi connectivity index (χ0n) is 13.7. The number of ether oxygens (including phenoxy) is 1. The molecule has 0 radical (unpaired) electrons. The number of rotatable bonds is 4. The number of benzene rings is 2. The maximum absolute atomic E-state index is 15.6. The molecule has 1 aliphatic carbocycles. The van der Waals surface area contributed by atoms with Gasteiger partial charge >= 0.3 is 0 Å². The molecule has 0 bridgehead atoms. The van der Waals surface area contributed by atoms with Gasteiger partial charge in [0.25, 0.3) is 0 Å².